The lowest BCUT2D eigenvalue weighted by molar-refractivity contribution is 1.05. The van der Waals surface area contributed by atoms with Gasteiger partial charge in [0, 0.05) is 12.2 Å². The summed E-state index contributed by atoms with van der Waals surface area (Å²) in [7, 11) is 0. The summed E-state index contributed by atoms with van der Waals surface area (Å²) >= 11 is 5.01. The van der Waals surface area contributed by atoms with E-state index in [1.54, 1.807) is 6.08 Å². The second kappa shape index (κ2) is 6.76. The number of rotatable bonds is 3. The molecule has 0 radical (unpaired) electrons. The van der Waals surface area contributed by atoms with Crippen molar-refractivity contribution in [3.63, 3.8) is 0 Å². The van der Waals surface area contributed by atoms with E-state index in [9.17, 15) is 0 Å². The molecule has 0 heterocycles. The molecule has 0 bridgehead atoms. The predicted octanol–water partition coefficient (Wildman–Crippen LogP) is 2.09. The molecule has 96 valence electrons. The zero-order valence-corrected chi connectivity index (χ0v) is 11.5. The maximum atomic E-state index is 5.80. The molecule has 18 heavy (non-hydrogen) atoms. The minimum atomic E-state index is 0.272. The highest BCUT2D eigenvalue weighted by Gasteiger charge is 2.03. The number of thiocarbonyl (C=S) groups is 1. The molecule has 1 aromatic carbocycles. The van der Waals surface area contributed by atoms with Gasteiger partial charge in [-0.2, -0.15) is 4.99 Å². The minimum absolute atomic E-state index is 0.272. The van der Waals surface area contributed by atoms with Crippen molar-refractivity contribution in [2.24, 2.45) is 10.7 Å². The second-order valence-corrected chi connectivity index (χ2v) is 4.25. The largest absolute Gasteiger partial charge is 0.369 e. The second-order valence-electron chi connectivity index (χ2n) is 3.86. The van der Waals surface area contributed by atoms with Gasteiger partial charge in [-0.15, -0.1) is 6.58 Å². The van der Waals surface area contributed by atoms with Crippen LogP contribution in [-0.4, -0.2) is 17.6 Å². The molecule has 1 rings (SSSR count). The summed E-state index contributed by atoms with van der Waals surface area (Å²) in [5, 5.41) is 6.28. The van der Waals surface area contributed by atoms with Gasteiger partial charge in [0.1, 0.15) is 0 Å². The Morgan fingerprint density at radius 2 is 2.06 bits per heavy atom. The summed E-state index contributed by atoms with van der Waals surface area (Å²) in [5.41, 5.74) is 8.98. The number of anilines is 1. The number of hydrogen-bond donors (Lipinski definition) is 3. The highest BCUT2D eigenvalue weighted by atomic mass is 32.1. The molecule has 0 aromatic heterocycles. The maximum Gasteiger partial charge on any atom is 0.200 e. The first kappa shape index (κ1) is 14.2. The van der Waals surface area contributed by atoms with E-state index in [0.29, 0.717) is 11.7 Å². The van der Waals surface area contributed by atoms with Crippen molar-refractivity contribution in [2.75, 3.05) is 11.9 Å². The lowest BCUT2D eigenvalue weighted by atomic mass is 10.1. The van der Waals surface area contributed by atoms with Crippen LogP contribution in [0.25, 0.3) is 0 Å². The third-order valence-electron chi connectivity index (χ3n) is 2.35. The molecular formula is C13H18N4S. The van der Waals surface area contributed by atoms with E-state index in [2.05, 4.69) is 22.2 Å². The summed E-state index contributed by atoms with van der Waals surface area (Å²) in [5.74, 6) is 0.272. The van der Waals surface area contributed by atoms with E-state index in [1.807, 2.05) is 32.0 Å². The van der Waals surface area contributed by atoms with E-state index >= 15 is 0 Å². The molecule has 4 N–H and O–H groups in total. The van der Waals surface area contributed by atoms with Crippen LogP contribution < -0.4 is 16.4 Å². The molecule has 0 spiro atoms. The van der Waals surface area contributed by atoms with Gasteiger partial charge >= 0.3 is 0 Å². The molecule has 0 saturated heterocycles. The van der Waals surface area contributed by atoms with Crippen LogP contribution in [0.4, 0.5) is 5.69 Å². The van der Waals surface area contributed by atoms with Crippen molar-refractivity contribution < 1.29 is 0 Å². The molecule has 0 amide bonds. The van der Waals surface area contributed by atoms with Gasteiger partial charge in [-0.05, 0) is 37.2 Å². The van der Waals surface area contributed by atoms with Crippen molar-refractivity contribution in [1.82, 2.24) is 5.32 Å². The Morgan fingerprint density at radius 1 is 1.44 bits per heavy atom. The third kappa shape index (κ3) is 4.18. The van der Waals surface area contributed by atoms with Crippen LogP contribution >= 0.6 is 12.2 Å². The highest BCUT2D eigenvalue weighted by molar-refractivity contribution is 7.80. The molecule has 0 aliphatic rings. The van der Waals surface area contributed by atoms with E-state index in [4.69, 9.17) is 18.0 Å². The molecule has 0 unspecified atom stereocenters. The fourth-order valence-electron chi connectivity index (χ4n) is 1.48. The van der Waals surface area contributed by atoms with Crippen LogP contribution in [0, 0.1) is 13.8 Å². The van der Waals surface area contributed by atoms with E-state index in [-0.39, 0.29) is 5.96 Å². The summed E-state index contributed by atoms with van der Waals surface area (Å²) in [6.45, 7) is 8.18. The van der Waals surface area contributed by atoms with Crippen LogP contribution in [0.1, 0.15) is 11.1 Å². The maximum absolute atomic E-state index is 5.80. The van der Waals surface area contributed by atoms with Crippen LogP contribution in [0.2, 0.25) is 0 Å². The first-order valence-electron chi connectivity index (χ1n) is 5.60. The average molecular weight is 262 g/mol. The Bertz CT molecular complexity index is 460. The minimum Gasteiger partial charge on any atom is -0.369 e. The molecule has 0 aliphatic heterocycles. The Labute approximate surface area is 113 Å². The number of guanidine groups is 1. The zero-order valence-electron chi connectivity index (χ0n) is 10.7. The van der Waals surface area contributed by atoms with Crippen LogP contribution in [0.3, 0.4) is 0 Å². The summed E-state index contributed by atoms with van der Waals surface area (Å²) < 4.78 is 0. The number of nitrogens with two attached hydrogens (primary N) is 1. The number of aliphatic imine (C=N–C) groups is 1. The molecule has 4 nitrogen and oxygen atoms in total. The van der Waals surface area contributed by atoms with Crippen molar-refractivity contribution >= 4 is 29.0 Å². The van der Waals surface area contributed by atoms with Gasteiger partial charge in [0.25, 0.3) is 0 Å². The molecule has 0 atom stereocenters. The average Bonchev–Trinajstić information content (AvgIpc) is 2.31. The molecule has 1 aromatic rings. The number of hydrogen-bond acceptors (Lipinski definition) is 1. The number of nitrogens with zero attached hydrogens (tertiary/aromatic N) is 1. The van der Waals surface area contributed by atoms with Crippen molar-refractivity contribution in [1.29, 1.82) is 0 Å². The number of nitrogens with one attached hydrogen (secondary N) is 2. The van der Waals surface area contributed by atoms with Gasteiger partial charge in [0.05, 0.1) is 0 Å². The fraction of sp³-hybridized carbons (Fsp3) is 0.231. The van der Waals surface area contributed by atoms with E-state index < -0.39 is 0 Å². The predicted molar refractivity (Wildman–Crippen MR) is 82.0 cm³/mol. The summed E-state index contributed by atoms with van der Waals surface area (Å²) in [6.07, 6.45) is 1.71. The lowest BCUT2D eigenvalue weighted by Gasteiger charge is -2.11. The van der Waals surface area contributed by atoms with Crippen molar-refractivity contribution in [2.45, 2.75) is 13.8 Å². The molecular weight excluding hydrogens is 244 g/mol. The van der Waals surface area contributed by atoms with E-state index in [1.165, 1.54) is 0 Å². The van der Waals surface area contributed by atoms with Gasteiger partial charge < -0.3 is 16.4 Å². The Hall–Kier alpha value is -1.88. The standard InChI is InChI=1S/C13H18N4S/c1-4-8-15-13(18)17-12(14)16-11-9(2)6-5-7-10(11)3/h4-7H,1,8H2,2-3H3,(H4,14,15,16,17,18). The van der Waals surface area contributed by atoms with Crippen LogP contribution in [-0.2, 0) is 0 Å². The zero-order chi connectivity index (χ0) is 13.5. The fourth-order valence-corrected chi connectivity index (χ4v) is 1.66. The van der Waals surface area contributed by atoms with Gasteiger partial charge in [-0.1, -0.05) is 24.3 Å². The Kier molecular flexibility index (Phi) is 5.32. The van der Waals surface area contributed by atoms with Gasteiger partial charge in [-0.25, -0.2) is 0 Å². The monoisotopic (exact) mass is 262 g/mol. The van der Waals surface area contributed by atoms with Gasteiger partial charge in [0.2, 0.25) is 5.96 Å². The van der Waals surface area contributed by atoms with Gasteiger partial charge in [0.15, 0.2) is 5.11 Å². The van der Waals surface area contributed by atoms with Crippen LogP contribution in [0.5, 0.6) is 0 Å². The smallest absolute Gasteiger partial charge is 0.200 e. The molecule has 0 aliphatic carbocycles. The Morgan fingerprint density at radius 3 is 2.61 bits per heavy atom. The highest BCUT2D eigenvalue weighted by Crippen LogP contribution is 2.18. The SMILES string of the molecule is C=CCNC(=S)N=C(N)Nc1c(C)cccc1C. The Balaban J connectivity index is 2.75. The van der Waals surface area contributed by atoms with Gasteiger partial charge in [-0.3, -0.25) is 0 Å². The van der Waals surface area contributed by atoms with Crippen LogP contribution in [0.15, 0.2) is 35.8 Å². The topological polar surface area (TPSA) is 62.4 Å². The lowest BCUT2D eigenvalue weighted by Crippen LogP contribution is -2.28. The summed E-state index contributed by atoms with van der Waals surface area (Å²) in [6, 6.07) is 6.02. The third-order valence-corrected chi connectivity index (χ3v) is 2.59. The van der Waals surface area contributed by atoms with Crippen molar-refractivity contribution in [3.8, 4) is 0 Å². The first-order chi connectivity index (χ1) is 8.54. The molecule has 0 saturated carbocycles. The number of para-hydroxylation sites is 1. The van der Waals surface area contributed by atoms with E-state index in [0.717, 1.165) is 16.8 Å². The first-order valence-corrected chi connectivity index (χ1v) is 6.01. The number of benzene rings is 1. The molecule has 5 heteroatoms. The summed E-state index contributed by atoms with van der Waals surface area (Å²) in [4.78, 5) is 4.05. The number of aryl methyl sites for hydroxylation is 2. The van der Waals surface area contributed by atoms with Crippen molar-refractivity contribution in [3.05, 3.63) is 42.0 Å². The molecule has 0 fully saturated rings. The quantitative estimate of drug-likeness (QED) is 0.338. The normalized spacial score (nSPS) is 10.9.